The van der Waals surface area contributed by atoms with Crippen molar-refractivity contribution in [1.29, 1.82) is 0 Å². The molecular weight excluding hydrogens is 330 g/mol. The molecule has 1 aliphatic carbocycles. The molecule has 4 rings (SSSR count). The molecule has 1 aromatic rings. The maximum atomic E-state index is 12.9. The molecular formula is C17H20ClN3O3. The highest BCUT2D eigenvalue weighted by Crippen LogP contribution is 2.35. The second-order valence-electron chi connectivity index (χ2n) is 6.48. The first-order valence-electron chi connectivity index (χ1n) is 8.41. The number of carbonyl (C=O) groups excluding carboxylic acids is 2. The number of hydrogen-bond donors (Lipinski definition) is 0. The average Bonchev–Trinajstić information content (AvgIpc) is 3.45. The third-order valence-corrected chi connectivity index (χ3v) is 5.04. The molecule has 0 atom stereocenters. The van der Waals surface area contributed by atoms with Crippen molar-refractivity contribution in [2.75, 3.05) is 44.2 Å². The van der Waals surface area contributed by atoms with E-state index in [0.717, 1.165) is 18.5 Å². The molecule has 1 saturated heterocycles. The Labute approximate surface area is 145 Å². The van der Waals surface area contributed by atoms with E-state index in [1.54, 1.807) is 17.0 Å². The molecule has 2 aliphatic heterocycles. The molecule has 3 aliphatic rings. The maximum Gasteiger partial charge on any atom is 0.324 e. The zero-order valence-electron chi connectivity index (χ0n) is 13.4. The van der Waals surface area contributed by atoms with Crippen molar-refractivity contribution in [3.8, 4) is 5.75 Å². The number of fused-ring (bicyclic) bond motifs is 1. The predicted molar refractivity (Wildman–Crippen MR) is 90.6 cm³/mol. The van der Waals surface area contributed by atoms with E-state index in [1.165, 1.54) is 0 Å². The fourth-order valence-corrected chi connectivity index (χ4v) is 3.43. The molecule has 0 spiro atoms. The number of nitrogens with zero attached hydrogens (tertiary/aromatic N) is 3. The topological polar surface area (TPSA) is 53.1 Å². The van der Waals surface area contributed by atoms with Gasteiger partial charge in [-0.3, -0.25) is 9.69 Å². The normalized spacial score (nSPS) is 20.5. The largest absolute Gasteiger partial charge is 0.489 e. The molecule has 2 fully saturated rings. The van der Waals surface area contributed by atoms with Crippen molar-refractivity contribution < 1.29 is 14.3 Å². The molecule has 2 heterocycles. The van der Waals surface area contributed by atoms with Gasteiger partial charge < -0.3 is 14.5 Å². The summed E-state index contributed by atoms with van der Waals surface area (Å²) >= 11 is 6.00. The van der Waals surface area contributed by atoms with Crippen LogP contribution in [-0.2, 0) is 4.79 Å². The summed E-state index contributed by atoms with van der Waals surface area (Å²) in [7, 11) is 0. The Morgan fingerprint density at radius 1 is 1.04 bits per heavy atom. The highest BCUT2D eigenvalue weighted by atomic mass is 35.5. The summed E-state index contributed by atoms with van der Waals surface area (Å²) in [5.41, 5.74) is 0.757. The fraction of sp³-hybridized carbons (Fsp3) is 0.529. The minimum absolute atomic E-state index is 0.0274. The summed E-state index contributed by atoms with van der Waals surface area (Å²) in [5, 5.41) is 0.593. The van der Waals surface area contributed by atoms with E-state index >= 15 is 0 Å². The molecule has 128 valence electrons. The van der Waals surface area contributed by atoms with Gasteiger partial charge >= 0.3 is 6.03 Å². The van der Waals surface area contributed by atoms with Gasteiger partial charge in [-0.1, -0.05) is 11.6 Å². The molecule has 24 heavy (non-hydrogen) atoms. The lowest BCUT2D eigenvalue weighted by Gasteiger charge is -2.39. The summed E-state index contributed by atoms with van der Waals surface area (Å²) in [6.45, 7) is 3.39. The molecule has 1 saturated carbocycles. The van der Waals surface area contributed by atoms with E-state index in [9.17, 15) is 9.59 Å². The minimum atomic E-state index is -0.0274. The third-order valence-electron chi connectivity index (χ3n) is 4.80. The monoisotopic (exact) mass is 349 g/mol. The second-order valence-corrected chi connectivity index (χ2v) is 6.92. The van der Waals surface area contributed by atoms with Gasteiger partial charge in [-0.2, -0.15) is 0 Å². The smallest absolute Gasteiger partial charge is 0.324 e. The van der Waals surface area contributed by atoms with Crippen molar-refractivity contribution in [2.45, 2.75) is 12.8 Å². The summed E-state index contributed by atoms with van der Waals surface area (Å²) in [4.78, 5) is 30.5. The molecule has 0 aromatic heterocycles. The first-order chi connectivity index (χ1) is 11.6. The lowest BCUT2D eigenvalue weighted by atomic mass is 10.2. The van der Waals surface area contributed by atoms with E-state index in [1.807, 2.05) is 15.9 Å². The lowest BCUT2D eigenvalue weighted by Crippen LogP contribution is -2.55. The molecule has 0 unspecified atom stereocenters. The molecule has 6 nitrogen and oxygen atoms in total. The Morgan fingerprint density at radius 3 is 2.46 bits per heavy atom. The van der Waals surface area contributed by atoms with E-state index < -0.39 is 0 Å². The number of urea groups is 1. The van der Waals surface area contributed by atoms with Crippen molar-refractivity contribution in [1.82, 2.24) is 9.80 Å². The summed E-state index contributed by atoms with van der Waals surface area (Å²) in [6.07, 6.45) is 2.04. The summed E-state index contributed by atoms with van der Waals surface area (Å²) < 4.78 is 5.60. The number of anilines is 1. The van der Waals surface area contributed by atoms with Crippen LogP contribution in [0.4, 0.5) is 10.5 Å². The number of hydrogen-bond acceptors (Lipinski definition) is 3. The highest BCUT2D eigenvalue weighted by Gasteiger charge is 2.36. The van der Waals surface area contributed by atoms with E-state index in [4.69, 9.17) is 16.3 Å². The fourth-order valence-electron chi connectivity index (χ4n) is 3.27. The van der Waals surface area contributed by atoms with Crippen LogP contribution in [0, 0.1) is 5.92 Å². The van der Waals surface area contributed by atoms with Crippen molar-refractivity contribution in [3.63, 3.8) is 0 Å². The molecule has 0 N–H and O–H groups in total. The number of rotatable bonds is 1. The second kappa shape index (κ2) is 6.16. The summed E-state index contributed by atoms with van der Waals surface area (Å²) in [5.74, 6) is 1.14. The van der Waals surface area contributed by atoms with Crippen molar-refractivity contribution in [2.24, 2.45) is 5.92 Å². The Bertz CT molecular complexity index is 669. The van der Waals surface area contributed by atoms with Crippen LogP contribution in [0.15, 0.2) is 18.2 Å². The van der Waals surface area contributed by atoms with E-state index in [-0.39, 0.29) is 17.9 Å². The van der Waals surface area contributed by atoms with Crippen LogP contribution in [0.3, 0.4) is 0 Å². The van der Waals surface area contributed by atoms with Crippen molar-refractivity contribution in [3.05, 3.63) is 23.2 Å². The van der Waals surface area contributed by atoms with Crippen LogP contribution < -0.4 is 9.64 Å². The van der Waals surface area contributed by atoms with Gasteiger partial charge in [-0.15, -0.1) is 0 Å². The van der Waals surface area contributed by atoms with Gasteiger partial charge in [0, 0.05) is 43.2 Å². The standard InChI is InChI=1S/C17H20ClN3O3/c18-13-3-4-14-15(11-13)24-10-9-21(14)17(23)20-7-5-19(6-8-20)16(22)12-1-2-12/h3-4,11-12H,1-2,5-10H2. The Kier molecular flexibility index (Phi) is 4.00. The first-order valence-corrected chi connectivity index (χ1v) is 8.79. The molecule has 3 amide bonds. The Balaban J connectivity index is 1.43. The molecule has 0 radical (unpaired) electrons. The van der Waals surface area contributed by atoms with Crippen LogP contribution in [-0.4, -0.2) is 61.1 Å². The van der Waals surface area contributed by atoms with Gasteiger partial charge in [0.05, 0.1) is 12.2 Å². The van der Waals surface area contributed by atoms with Gasteiger partial charge in [0.1, 0.15) is 12.4 Å². The van der Waals surface area contributed by atoms with Gasteiger partial charge in [0.15, 0.2) is 0 Å². The van der Waals surface area contributed by atoms with Gasteiger partial charge in [0.2, 0.25) is 5.91 Å². The first kappa shape index (κ1) is 15.6. The molecule has 1 aromatic carbocycles. The zero-order valence-corrected chi connectivity index (χ0v) is 14.2. The molecule has 0 bridgehead atoms. The maximum absolute atomic E-state index is 12.9. The van der Waals surface area contributed by atoms with Gasteiger partial charge in [-0.05, 0) is 25.0 Å². The Hall–Kier alpha value is -1.95. The summed E-state index contributed by atoms with van der Waals surface area (Å²) in [6, 6.07) is 5.30. The van der Waals surface area contributed by atoms with Gasteiger partial charge in [0.25, 0.3) is 0 Å². The van der Waals surface area contributed by atoms with Crippen LogP contribution in [0.2, 0.25) is 5.02 Å². The quantitative estimate of drug-likeness (QED) is 0.781. The highest BCUT2D eigenvalue weighted by molar-refractivity contribution is 6.30. The van der Waals surface area contributed by atoms with E-state index in [0.29, 0.717) is 50.1 Å². The van der Waals surface area contributed by atoms with Crippen LogP contribution >= 0.6 is 11.6 Å². The molecule has 7 heteroatoms. The number of carbonyl (C=O) groups is 2. The number of benzene rings is 1. The van der Waals surface area contributed by atoms with Gasteiger partial charge in [-0.25, -0.2) is 4.79 Å². The number of piperazine rings is 1. The Morgan fingerprint density at radius 2 is 1.75 bits per heavy atom. The average molecular weight is 350 g/mol. The predicted octanol–water partition coefficient (Wildman–Crippen LogP) is 2.21. The third kappa shape index (κ3) is 2.90. The lowest BCUT2D eigenvalue weighted by molar-refractivity contribution is -0.133. The SMILES string of the molecule is O=C(C1CC1)N1CCN(C(=O)N2CCOc3cc(Cl)ccc32)CC1. The van der Waals surface area contributed by atoms with Crippen LogP contribution in [0.25, 0.3) is 0 Å². The van der Waals surface area contributed by atoms with Crippen LogP contribution in [0.1, 0.15) is 12.8 Å². The number of halogens is 1. The number of amides is 3. The number of ether oxygens (including phenoxy) is 1. The van der Waals surface area contributed by atoms with Crippen molar-refractivity contribution >= 4 is 29.2 Å². The van der Waals surface area contributed by atoms with Crippen LogP contribution in [0.5, 0.6) is 5.75 Å². The van der Waals surface area contributed by atoms with E-state index in [2.05, 4.69) is 0 Å². The minimum Gasteiger partial charge on any atom is -0.489 e. The zero-order chi connectivity index (χ0) is 16.7.